The molecular formula is C31H29ClN2O5S. The van der Waals surface area contributed by atoms with Gasteiger partial charge in [0.15, 0.2) is 5.78 Å². The fourth-order valence-electron chi connectivity index (χ4n) is 4.18. The van der Waals surface area contributed by atoms with E-state index in [1.165, 1.54) is 24.3 Å². The van der Waals surface area contributed by atoms with Crippen molar-refractivity contribution in [2.75, 3.05) is 11.9 Å². The average Bonchev–Trinajstić information content (AvgIpc) is 2.95. The van der Waals surface area contributed by atoms with Crippen LogP contribution in [0.5, 0.6) is 5.75 Å². The molecular weight excluding hydrogens is 548 g/mol. The lowest BCUT2D eigenvalue weighted by Crippen LogP contribution is -2.45. The van der Waals surface area contributed by atoms with E-state index < -0.39 is 22.0 Å². The minimum Gasteiger partial charge on any atom is -0.494 e. The maximum Gasteiger partial charge on any atom is 0.242 e. The topological polar surface area (TPSA) is 102 Å². The Morgan fingerprint density at radius 3 is 2.23 bits per heavy atom. The molecule has 0 radical (unpaired) electrons. The molecule has 206 valence electrons. The smallest absolute Gasteiger partial charge is 0.242 e. The molecule has 2 N–H and O–H groups in total. The van der Waals surface area contributed by atoms with Crippen molar-refractivity contribution in [3.05, 3.63) is 124 Å². The Labute approximate surface area is 239 Å². The SMILES string of the molecule is CCOc1ccc(S(=O)(=O)N[C@@H](Cc2ccccc2)C(=O)Nc2ccc(Cl)cc2C(=O)c2ccccc2)cc1C. The van der Waals surface area contributed by atoms with Crippen LogP contribution >= 0.6 is 11.6 Å². The molecule has 0 spiro atoms. The third kappa shape index (κ3) is 7.15. The van der Waals surface area contributed by atoms with Crippen molar-refractivity contribution in [2.45, 2.75) is 31.2 Å². The zero-order valence-electron chi connectivity index (χ0n) is 22.1. The lowest BCUT2D eigenvalue weighted by molar-refractivity contribution is -0.117. The molecule has 9 heteroatoms. The second kappa shape index (κ2) is 12.9. The first-order valence-electron chi connectivity index (χ1n) is 12.7. The van der Waals surface area contributed by atoms with Crippen LogP contribution < -0.4 is 14.8 Å². The van der Waals surface area contributed by atoms with Gasteiger partial charge in [-0.2, -0.15) is 4.72 Å². The molecule has 1 amide bonds. The fourth-order valence-corrected chi connectivity index (χ4v) is 5.63. The van der Waals surface area contributed by atoms with Crippen molar-refractivity contribution in [2.24, 2.45) is 0 Å². The Hall–Kier alpha value is -3.98. The highest BCUT2D eigenvalue weighted by atomic mass is 35.5. The van der Waals surface area contributed by atoms with Crippen molar-refractivity contribution in [1.29, 1.82) is 0 Å². The molecule has 0 fully saturated rings. The van der Waals surface area contributed by atoms with Gasteiger partial charge in [0.1, 0.15) is 11.8 Å². The highest BCUT2D eigenvalue weighted by Crippen LogP contribution is 2.25. The van der Waals surface area contributed by atoms with Crippen molar-refractivity contribution in [3.63, 3.8) is 0 Å². The summed E-state index contributed by atoms with van der Waals surface area (Å²) in [6.07, 6.45) is 0.0808. The molecule has 1 atom stereocenters. The lowest BCUT2D eigenvalue weighted by atomic mass is 10.0. The average molecular weight is 577 g/mol. The van der Waals surface area contributed by atoms with E-state index in [0.717, 1.165) is 5.56 Å². The first-order chi connectivity index (χ1) is 19.2. The number of hydrogen-bond acceptors (Lipinski definition) is 5. The minimum atomic E-state index is -4.10. The number of ketones is 1. The Bertz CT molecular complexity index is 1610. The first kappa shape index (κ1) is 29.0. The maximum atomic E-state index is 13.6. The summed E-state index contributed by atoms with van der Waals surface area (Å²) in [7, 11) is -4.10. The van der Waals surface area contributed by atoms with Crippen LogP contribution in [0, 0.1) is 6.92 Å². The molecule has 0 aromatic heterocycles. The number of halogens is 1. The van der Waals surface area contributed by atoms with Crippen molar-refractivity contribution < 1.29 is 22.7 Å². The summed E-state index contributed by atoms with van der Waals surface area (Å²) in [6.45, 7) is 4.05. The molecule has 40 heavy (non-hydrogen) atoms. The number of nitrogens with one attached hydrogen (secondary N) is 2. The molecule has 0 aliphatic heterocycles. The van der Waals surface area contributed by atoms with E-state index in [9.17, 15) is 18.0 Å². The van der Waals surface area contributed by atoms with Gasteiger partial charge in [0.25, 0.3) is 0 Å². The van der Waals surface area contributed by atoms with E-state index in [2.05, 4.69) is 10.0 Å². The summed E-state index contributed by atoms with van der Waals surface area (Å²) in [5.41, 5.74) is 2.24. The molecule has 0 bridgehead atoms. The zero-order valence-corrected chi connectivity index (χ0v) is 23.6. The molecule has 0 saturated carbocycles. The van der Waals surface area contributed by atoms with E-state index in [1.807, 2.05) is 37.3 Å². The minimum absolute atomic E-state index is 0.00533. The van der Waals surface area contributed by atoms with Crippen LogP contribution in [0.3, 0.4) is 0 Å². The Morgan fingerprint density at radius 2 is 1.57 bits per heavy atom. The lowest BCUT2D eigenvalue weighted by Gasteiger charge is -2.20. The van der Waals surface area contributed by atoms with Crippen LogP contribution in [0.1, 0.15) is 34.0 Å². The Balaban J connectivity index is 1.65. The van der Waals surface area contributed by atoms with Gasteiger partial charge in [-0.1, -0.05) is 72.3 Å². The van der Waals surface area contributed by atoms with Gasteiger partial charge in [-0.05, 0) is 67.8 Å². The van der Waals surface area contributed by atoms with Gasteiger partial charge in [0.2, 0.25) is 15.9 Å². The van der Waals surface area contributed by atoms with Gasteiger partial charge < -0.3 is 10.1 Å². The number of ether oxygens (including phenoxy) is 1. The Morgan fingerprint density at radius 1 is 0.900 bits per heavy atom. The van der Waals surface area contributed by atoms with E-state index in [0.29, 0.717) is 28.5 Å². The van der Waals surface area contributed by atoms with E-state index >= 15 is 0 Å². The standard InChI is InChI=1S/C31H29ClN2O5S/c1-3-39-29-17-15-25(18-21(29)2)40(37,38)34-28(19-22-10-6-4-7-11-22)31(36)33-27-16-14-24(32)20-26(27)30(35)23-12-8-5-9-13-23/h4-18,20,28,34H,3,19H2,1-2H3,(H,33,36)/t28-/m0/s1. The number of carbonyl (C=O) groups is 2. The number of benzene rings is 4. The number of hydrogen-bond donors (Lipinski definition) is 2. The van der Waals surface area contributed by atoms with Crippen molar-refractivity contribution in [1.82, 2.24) is 4.72 Å². The summed E-state index contributed by atoms with van der Waals surface area (Å²) in [6, 6.07) is 25.6. The van der Waals surface area contributed by atoms with Crippen LogP contribution in [0.25, 0.3) is 0 Å². The normalized spacial score (nSPS) is 12.0. The molecule has 0 heterocycles. The predicted octanol–water partition coefficient (Wildman–Crippen LogP) is 5.81. The first-order valence-corrected chi connectivity index (χ1v) is 14.5. The van der Waals surface area contributed by atoms with Crippen LogP contribution in [0.2, 0.25) is 5.02 Å². The molecule has 7 nitrogen and oxygen atoms in total. The summed E-state index contributed by atoms with van der Waals surface area (Å²) < 4.78 is 34.9. The van der Waals surface area contributed by atoms with Gasteiger partial charge in [-0.25, -0.2) is 8.42 Å². The molecule has 0 saturated heterocycles. The zero-order chi connectivity index (χ0) is 28.7. The third-order valence-electron chi connectivity index (χ3n) is 6.17. The van der Waals surface area contributed by atoms with Crippen molar-refractivity contribution in [3.8, 4) is 5.75 Å². The highest BCUT2D eigenvalue weighted by molar-refractivity contribution is 7.89. The quantitative estimate of drug-likeness (QED) is 0.220. The molecule has 4 aromatic rings. The maximum absolute atomic E-state index is 13.6. The van der Waals surface area contributed by atoms with Crippen LogP contribution in [-0.2, 0) is 21.2 Å². The number of carbonyl (C=O) groups excluding carboxylic acids is 2. The molecule has 4 aromatic carbocycles. The van der Waals surface area contributed by atoms with Gasteiger partial charge in [-0.3, -0.25) is 9.59 Å². The summed E-state index contributed by atoms with van der Waals surface area (Å²) in [5, 5.41) is 3.08. The second-order valence-corrected chi connectivity index (χ2v) is 11.2. The van der Waals surface area contributed by atoms with Gasteiger partial charge >= 0.3 is 0 Å². The molecule has 0 unspecified atom stereocenters. The Kier molecular flexibility index (Phi) is 9.37. The van der Waals surface area contributed by atoms with E-state index in [1.54, 1.807) is 49.4 Å². The van der Waals surface area contributed by atoms with Gasteiger partial charge in [0.05, 0.1) is 17.2 Å². The second-order valence-electron chi connectivity index (χ2n) is 9.10. The molecule has 0 aliphatic rings. The van der Waals surface area contributed by atoms with Crippen LogP contribution in [-0.4, -0.2) is 32.8 Å². The fraction of sp³-hybridized carbons (Fsp3) is 0.161. The molecule has 4 rings (SSSR count). The van der Waals surface area contributed by atoms with Gasteiger partial charge in [0, 0.05) is 16.1 Å². The predicted molar refractivity (Wildman–Crippen MR) is 157 cm³/mol. The van der Waals surface area contributed by atoms with Gasteiger partial charge in [-0.15, -0.1) is 0 Å². The number of aryl methyl sites for hydroxylation is 1. The largest absolute Gasteiger partial charge is 0.494 e. The summed E-state index contributed by atoms with van der Waals surface area (Å²) in [4.78, 5) is 26.9. The van der Waals surface area contributed by atoms with E-state index in [4.69, 9.17) is 16.3 Å². The number of anilines is 1. The monoisotopic (exact) mass is 576 g/mol. The van der Waals surface area contributed by atoms with Crippen molar-refractivity contribution >= 4 is 39.0 Å². The van der Waals surface area contributed by atoms with Crippen LogP contribution in [0.4, 0.5) is 5.69 Å². The number of amides is 1. The summed E-state index contributed by atoms with van der Waals surface area (Å²) in [5.74, 6) is -0.374. The van der Waals surface area contributed by atoms with E-state index in [-0.39, 0.29) is 28.4 Å². The number of rotatable bonds is 11. The van der Waals surface area contributed by atoms with Crippen LogP contribution in [0.15, 0.2) is 102 Å². The third-order valence-corrected chi connectivity index (χ3v) is 7.88. The summed E-state index contributed by atoms with van der Waals surface area (Å²) >= 11 is 6.19. The number of sulfonamides is 1. The molecule has 0 aliphatic carbocycles. The highest BCUT2D eigenvalue weighted by Gasteiger charge is 2.28.